The van der Waals surface area contributed by atoms with E-state index in [1.54, 1.807) is 31.2 Å². The van der Waals surface area contributed by atoms with Gasteiger partial charge in [-0.2, -0.15) is 13.2 Å². The molecule has 0 saturated heterocycles. The fourth-order valence-corrected chi connectivity index (χ4v) is 1.60. The molecule has 18 heavy (non-hydrogen) atoms. The summed E-state index contributed by atoms with van der Waals surface area (Å²) in [5.74, 6) is -1.83. The molecule has 1 atom stereocenters. The Hall–Kier alpha value is -1.72. The first-order valence-corrected chi connectivity index (χ1v) is 5.40. The summed E-state index contributed by atoms with van der Waals surface area (Å²) >= 11 is 0. The third-order valence-corrected chi connectivity index (χ3v) is 2.71. The first-order valence-electron chi connectivity index (χ1n) is 5.40. The Kier molecular flexibility index (Phi) is 4.21. The molecule has 0 fully saturated rings. The third kappa shape index (κ3) is 3.65. The second-order valence-electron chi connectivity index (χ2n) is 4.21. The summed E-state index contributed by atoms with van der Waals surface area (Å²) in [7, 11) is 1.15. The molecule has 0 bridgehead atoms. The predicted octanol–water partition coefficient (Wildman–Crippen LogP) is 2.22. The highest BCUT2D eigenvalue weighted by atomic mass is 19.4. The Morgan fingerprint density at radius 1 is 1.44 bits per heavy atom. The van der Waals surface area contributed by atoms with Crippen LogP contribution in [0.1, 0.15) is 12.5 Å². The smallest absolute Gasteiger partial charge is 0.399 e. The van der Waals surface area contributed by atoms with Gasteiger partial charge in [-0.1, -0.05) is 12.1 Å². The molecule has 0 spiro atoms. The number of likely N-dealkylation sites (N-methyl/N-ethyl adjacent to an activating group) is 1. The maximum Gasteiger partial charge on any atom is 0.471 e. The van der Waals surface area contributed by atoms with Crippen LogP contribution in [0.2, 0.25) is 0 Å². The molecule has 100 valence electrons. The Bertz CT molecular complexity index is 432. The molecule has 3 nitrogen and oxygen atoms in total. The van der Waals surface area contributed by atoms with Crippen molar-refractivity contribution in [2.75, 3.05) is 12.8 Å². The van der Waals surface area contributed by atoms with E-state index in [-0.39, 0.29) is 0 Å². The highest BCUT2D eigenvalue weighted by Crippen LogP contribution is 2.20. The molecule has 0 aliphatic rings. The monoisotopic (exact) mass is 260 g/mol. The van der Waals surface area contributed by atoms with Crippen molar-refractivity contribution >= 4 is 11.6 Å². The molecule has 1 aromatic rings. The molecular weight excluding hydrogens is 245 g/mol. The minimum absolute atomic E-state index is 0.323. The van der Waals surface area contributed by atoms with Crippen LogP contribution in [0.25, 0.3) is 0 Å². The van der Waals surface area contributed by atoms with Crippen LogP contribution in [0.15, 0.2) is 24.3 Å². The number of nitrogens with two attached hydrogens (primary N) is 1. The van der Waals surface area contributed by atoms with Gasteiger partial charge in [-0.3, -0.25) is 4.79 Å². The van der Waals surface area contributed by atoms with Gasteiger partial charge in [-0.25, -0.2) is 0 Å². The zero-order chi connectivity index (χ0) is 13.9. The number of nitrogen functional groups attached to an aromatic ring is 1. The van der Waals surface area contributed by atoms with Gasteiger partial charge in [-0.15, -0.1) is 0 Å². The Balaban J connectivity index is 2.71. The second kappa shape index (κ2) is 5.29. The summed E-state index contributed by atoms with van der Waals surface area (Å²) in [5, 5.41) is 0. The van der Waals surface area contributed by atoms with Gasteiger partial charge in [0.25, 0.3) is 0 Å². The number of hydrogen-bond donors (Lipinski definition) is 1. The third-order valence-electron chi connectivity index (χ3n) is 2.71. The molecule has 6 heteroatoms. The highest BCUT2D eigenvalue weighted by molar-refractivity contribution is 5.81. The van der Waals surface area contributed by atoms with E-state index < -0.39 is 18.1 Å². The Morgan fingerprint density at radius 2 is 2.06 bits per heavy atom. The molecule has 0 radical (unpaired) electrons. The number of carbonyl (C=O) groups is 1. The summed E-state index contributed by atoms with van der Waals surface area (Å²) in [4.78, 5) is 11.7. The SMILES string of the molecule is C[C@@H](Cc1cccc(N)c1)N(C)C(=O)C(F)(F)F. The van der Waals surface area contributed by atoms with Crippen LogP contribution < -0.4 is 5.73 Å². The average Bonchev–Trinajstić information content (AvgIpc) is 2.25. The van der Waals surface area contributed by atoms with Gasteiger partial charge < -0.3 is 10.6 Å². The van der Waals surface area contributed by atoms with Crippen LogP contribution in [0, 0.1) is 0 Å². The van der Waals surface area contributed by atoms with Crippen LogP contribution in [0.3, 0.4) is 0 Å². The second-order valence-corrected chi connectivity index (χ2v) is 4.21. The van der Waals surface area contributed by atoms with Gasteiger partial charge in [0.15, 0.2) is 0 Å². The fourth-order valence-electron chi connectivity index (χ4n) is 1.60. The number of anilines is 1. The summed E-state index contributed by atoms with van der Waals surface area (Å²) < 4.78 is 36.8. The van der Waals surface area contributed by atoms with Gasteiger partial charge in [-0.05, 0) is 31.0 Å². The minimum atomic E-state index is -4.83. The van der Waals surface area contributed by atoms with E-state index in [9.17, 15) is 18.0 Å². The number of amides is 1. The molecule has 1 rings (SSSR count). The maximum atomic E-state index is 12.3. The summed E-state index contributed by atoms with van der Waals surface area (Å²) in [5.41, 5.74) is 6.92. The molecule has 2 N–H and O–H groups in total. The van der Waals surface area contributed by atoms with Crippen molar-refractivity contribution in [2.45, 2.75) is 25.6 Å². The zero-order valence-electron chi connectivity index (χ0n) is 10.2. The van der Waals surface area contributed by atoms with E-state index in [1.165, 1.54) is 0 Å². The Morgan fingerprint density at radius 3 is 2.56 bits per heavy atom. The van der Waals surface area contributed by atoms with E-state index in [4.69, 9.17) is 5.73 Å². The van der Waals surface area contributed by atoms with Crippen LogP contribution in [0.4, 0.5) is 18.9 Å². The van der Waals surface area contributed by atoms with Gasteiger partial charge in [0, 0.05) is 18.8 Å². The van der Waals surface area contributed by atoms with E-state index in [1.807, 2.05) is 0 Å². The molecule has 1 amide bonds. The molecule has 0 heterocycles. The largest absolute Gasteiger partial charge is 0.471 e. The average molecular weight is 260 g/mol. The van der Waals surface area contributed by atoms with Crippen LogP contribution in [-0.4, -0.2) is 30.1 Å². The topological polar surface area (TPSA) is 46.3 Å². The van der Waals surface area contributed by atoms with Crippen molar-refractivity contribution in [2.24, 2.45) is 0 Å². The van der Waals surface area contributed by atoms with E-state index in [2.05, 4.69) is 0 Å². The number of alkyl halides is 3. The molecule has 0 aliphatic heterocycles. The zero-order valence-corrected chi connectivity index (χ0v) is 10.2. The molecular formula is C12H15F3N2O. The summed E-state index contributed by atoms with van der Waals surface area (Å²) in [6, 6.07) is 6.31. The summed E-state index contributed by atoms with van der Waals surface area (Å²) in [6.07, 6.45) is -4.51. The molecule has 0 aromatic heterocycles. The number of rotatable bonds is 3. The number of benzene rings is 1. The lowest BCUT2D eigenvalue weighted by Crippen LogP contribution is -2.44. The van der Waals surface area contributed by atoms with Gasteiger partial charge in [0.05, 0.1) is 0 Å². The standard InChI is InChI=1S/C12H15F3N2O/c1-8(17(2)11(18)12(13,14)15)6-9-4-3-5-10(16)7-9/h3-5,7-8H,6,16H2,1-2H3/t8-/m0/s1. The molecule has 1 aromatic carbocycles. The van der Waals surface area contributed by atoms with Crippen molar-refractivity contribution in [1.82, 2.24) is 4.90 Å². The number of halogens is 3. The predicted molar refractivity (Wildman–Crippen MR) is 62.8 cm³/mol. The normalized spacial score (nSPS) is 13.2. The number of carbonyl (C=O) groups excluding carboxylic acids is 1. The molecule has 0 aliphatic carbocycles. The van der Waals surface area contributed by atoms with Crippen molar-refractivity contribution in [3.63, 3.8) is 0 Å². The van der Waals surface area contributed by atoms with Gasteiger partial charge in [0.1, 0.15) is 0 Å². The fraction of sp³-hybridized carbons (Fsp3) is 0.417. The van der Waals surface area contributed by atoms with Gasteiger partial charge >= 0.3 is 12.1 Å². The van der Waals surface area contributed by atoms with Crippen molar-refractivity contribution in [1.29, 1.82) is 0 Å². The van der Waals surface area contributed by atoms with Crippen molar-refractivity contribution in [3.8, 4) is 0 Å². The maximum absolute atomic E-state index is 12.3. The number of hydrogen-bond acceptors (Lipinski definition) is 2. The minimum Gasteiger partial charge on any atom is -0.399 e. The summed E-state index contributed by atoms with van der Waals surface area (Å²) in [6.45, 7) is 1.56. The lowest BCUT2D eigenvalue weighted by molar-refractivity contribution is -0.185. The Labute approximate surface area is 103 Å². The van der Waals surface area contributed by atoms with Crippen molar-refractivity contribution in [3.05, 3.63) is 29.8 Å². The first kappa shape index (κ1) is 14.3. The lowest BCUT2D eigenvalue weighted by Gasteiger charge is -2.25. The van der Waals surface area contributed by atoms with Crippen molar-refractivity contribution < 1.29 is 18.0 Å². The molecule has 0 saturated carbocycles. The van der Waals surface area contributed by atoms with Gasteiger partial charge in [0.2, 0.25) is 0 Å². The first-order chi connectivity index (χ1) is 8.21. The quantitative estimate of drug-likeness (QED) is 0.847. The van der Waals surface area contributed by atoms with E-state index in [0.29, 0.717) is 17.0 Å². The van der Waals surface area contributed by atoms with Crippen LogP contribution in [0.5, 0.6) is 0 Å². The number of nitrogens with zero attached hydrogens (tertiary/aromatic N) is 1. The van der Waals surface area contributed by atoms with E-state index in [0.717, 1.165) is 12.6 Å². The van der Waals surface area contributed by atoms with Crippen LogP contribution in [-0.2, 0) is 11.2 Å². The highest BCUT2D eigenvalue weighted by Gasteiger charge is 2.42. The van der Waals surface area contributed by atoms with E-state index >= 15 is 0 Å². The molecule has 0 unspecified atom stereocenters. The van der Waals surface area contributed by atoms with Crippen LogP contribution >= 0.6 is 0 Å². The lowest BCUT2D eigenvalue weighted by atomic mass is 10.1.